The third-order valence-corrected chi connectivity index (χ3v) is 7.76. The molecule has 0 unspecified atom stereocenters. The zero-order valence-electron chi connectivity index (χ0n) is 25.6. The van der Waals surface area contributed by atoms with Gasteiger partial charge in [-0.15, -0.1) is 0 Å². The number of aliphatic hydroxyl groups excluding tert-OH is 1. The van der Waals surface area contributed by atoms with Gasteiger partial charge in [-0.25, -0.2) is 15.0 Å². The van der Waals surface area contributed by atoms with Crippen LogP contribution in [0.3, 0.4) is 0 Å². The van der Waals surface area contributed by atoms with Crippen molar-refractivity contribution in [3.05, 3.63) is 84.3 Å². The molecular formula is C33H39F3N6O3. The number of aliphatic hydroxyl groups is 1. The number of carbonyl (C=O) groups excluding carboxylic acids is 1. The Kier molecular flexibility index (Phi) is 12.2. The van der Waals surface area contributed by atoms with Crippen molar-refractivity contribution in [2.45, 2.75) is 57.7 Å². The van der Waals surface area contributed by atoms with E-state index in [0.717, 1.165) is 68.5 Å². The lowest BCUT2D eigenvalue weighted by atomic mass is 10.0. The van der Waals surface area contributed by atoms with Crippen molar-refractivity contribution in [3.8, 4) is 22.8 Å². The van der Waals surface area contributed by atoms with Crippen LogP contribution in [-0.2, 0) is 12.6 Å². The molecule has 0 aliphatic carbocycles. The average Bonchev–Trinajstić information content (AvgIpc) is 3.78. The number of amides is 1. The number of halogens is 3. The molecule has 1 saturated heterocycles. The topological polar surface area (TPSA) is 108 Å². The van der Waals surface area contributed by atoms with E-state index in [2.05, 4.69) is 44.9 Å². The first-order chi connectivity index (χ1) is 21.7. The largest absolute Gasteiger partial charge is 0.444 e. The summed E-state index contributed by atoms with van der Waals surface area (Å²) in [6.07, 6.45) is 7.91. The van der Waals surface area contributed by atoms with Crippen LogP contribution < -0.4 is 0 Å². The first-order valence-electron chi connectivity index (χ1n) is 15.2. The Morgan fingerprint density at radius 1 is 1.04 bits per heavy atom. The highest BCUT2D eigenvalue weighted by Crippen LogP contribution is 2.32. The Balaban J connectivity index is 0.000000205. The molecule has 5 rings (SSSR count). The van der Waals surface area contributed by atoms with Gasteiger partial charge in [0.1, 0.15) is 6.26 Å². The standard InChI is InChI=1S/C18H26N4O.C15H13F3N2O2/c1-3-22(2)17(10-13-23)7-4-6-16-9-8-15(14-21-16)18-19-11-5-12-20-18;16-15(17,18)11-5-3-4-10(8-11)13-19-12(9-22-13)14(21)20-6-1-2-7-20/h5,8-9,11-12,14,17,23H,3-4,6-7,10,13H2,1-2H3;3-5,8-9H,1-2,6-7H2/t17-;/m0./s1. The van der Waals surface area contributed by atoms with Gasteiger partial charge in [-0.05, 0) is 88.5 Å². The predicted octanol–water partition coefficient (Wildman–Crippen LogP) is 6.16. The monoisotopic (exact) mass is 624 g/mol. The van der Waals surface area contributed by atoms with E-state index in [0.29, 0.717) is 25.0 Å². The molecule has 1 aromatic carbocycles. The van der Waals surface area contributed by atoms with Crippen LogP contribution in [0, 0.1) is 0 Å². The lowest BCUT2D eigenvalue weighted by molar-refractivity contribution is -0.137. The Bertz CT molecular complexity index is 1480. The number of nitrogens with zero attached hydrogens (tertiary/aromatic N) is 6. The van der Waals surface area contributed by atoms with Crippen LogP contribution in [0.1, 0.15) is 60.8 Å². The minimum Gasteiger partial charge on any atom is -0.444 e. The molecule has 0 saturated carbocycles. The summed E-state index contributed by atoms with van der Waals surface area (Å²) in [4.78, 5) is 33.1. The normalized spacial score (nSPS) is 13.9. The molecule has 3 aromatic heterocycles. The van der Waals surface area contributed by atoms with Crippen molar-refractivity contribution in [2.75, 3.05) is 33.3 Å². The molecule has 0 spiro atoms. The summed E-state index contributed by atoms with van der Waals surface area (Å²) in [5.74, 6) is 0.465. The zero-order chi connectivity index (χ0) is 32.2. The number of hydrogen-bond donors (Lipinski definition) is 1. The quantitative estimate of drug-likeness (QED) is 0.211. The van der Waals surface area contributed by atoms with E-state index in [1.807, 2.05) is 12.3 Å². The molecule has 0 bridgehead atoms. The number of likely N-dealkylation sites (tertiary alicyclic amines) is 1. The van der Waals surface area contributed by atoms with Gasteiger partial charge < -0.3 is 19.3 Å². The molecule has 240 valence electrons. The minimum absolute atomic E-state index is 0.00801. The highest BCUT2D eigenvalue weighted by atomic mass is 19.4. The second-order valence-electron chi connectivity index (χ2n) is 10.9. The van der Waals surface area contributed by atoms with Gasteiger partial charge in [-0.3, -0.25) is 9.78 Å². The first-order valence-corrected chi connectivity index (χ1v) is 15.2. The fourth-order valence-electron chi connectivity index (χ4n) is 5.08. The first kappa shape index (κ1) is 33.7. The Labute approximate surface area is 261 Å². The number of oxazole rings is 1. The number of carbonyl (C=O) groups is 1. The third kappa shape index (κ3) is 9.66. The van der Waals surface area contributed by atoms with Crippen LogP contribution in [0.15, 0.2) is 71.7 Å². The van der Waals surface area contributed by atoms with E-state index in [4.69, 9.17) is 4.42 Å². The van der Waals surface area contributed by atoms with E-state index in [1.54, 1.807) is 23.4 Å². The summed E-state index contributed by atoms with van der Waals surface area (Å²) in [6, 6.07) is 11.0. The van der Waals surface area contributed by atoms with Gasteiger partial charge in [-0.2, -0.15) is 13.2 Å². The summed E-state index contributed by atoms with van der Waals surface area (Å²) in [5, 5.41) is 9.19. The van der Waals surface area contributed by atoms with Crippen molar-refractivity contribution in [3.63, 3.8) is 0 Å². The van der Waals surface area contributed by atoms with E-state index < -0.39 is 11.7 Å². The van der Waals surface area contributed by atoms with Crippen molar-refractivity contribution >= 4 is 5.91 Å². The van der Waals surface area contributed by atoms with Crippen LogP contribution in [0.25, 0.3) is 22.8 Å². The Hall–Kier alpha value is -4.16. The Morgan fingerprint density at radius 3 is 2.44 bits per heavy atom. The number of aryl methyl sites for hydroxylation is 1. The molecule has 0 radical (unpaired) electrons. The molecule has 1 fully saturated rings. The van der Waals surface area contributed by atoms with Crippen molar-refractivity contribution in [2.24, 2.45) is 0 Å². The van der Waals surface area contributed by atoms with Crippen LogP contribution in [0.2, 0.25) is 0 Å². The molecule has 45 heavy (non-hydrogen) atoms. The van der Waals surface area contributed by atoms with E-state index in [1.165, 1.54) is 18.4 Å². The second kappa shape index (κ2) is 16.2. The van der Waals surface area contributed by atoms with Gasteiger partial charge in [0.25, 0.3) is 5.91 Å². The van der Waals surface area contributed by atoms with Crippen LogP contribution in [-0.4, -0.2) is 80.1 Å². The van der Waals surface area contributed by atoms with Crippen LogP contribution >= 0.6 is 0 Å². The van der Waals surface area contributed by atoms with Gasteiger partial charge in [0.15, 0.2) is 11.5 Å². The predicted molar refractivity (Wildman–Crippen MR) is 164 cm³/mol. The molecular weight excluding hydrogens is 585 g/mol. The molecule has 4 aromatic rings. The van der Waals surface area contributed by atoms with Gasteiger partial charge in [-0.1, -0.05) is 13.0 Å². The second-order valence-corrected chi connectivity index (χ2v) is 10.9. The summed E-state index contributed by atoms with van der Waals surface area (Å²) < 4.78 is 43.3. The fraction of sp³-hybridized carbons (Fsp3) is 0.424. The summed E-state index contributed by atoms with van der Waals surface area (Å²) in [6.45, 7) is 4.75. The SMILES string of the molecule is CCN(C)[C@H](CCO)CCCc1ccc(-c2ncccn2)cn1.O=C(c1coc(-c2cccc(C(F)(F)F)c2)n1)N1CCCC1. The number of rotatable bonds is 11. The van der Waals surface area contributed by atoms with Gasteiger partial charge >= 0.3 is 6.18 Å². The molecule has 1 amide bonds. The van der Waals surface area contributed by atoms with Gasteiger partial charge in [0.2, 0.25) is 5.89 Å². The smallest absolute Gasteiger partial charge is 0.416 e. The molecule has 4 heterocycles. The molecule has 1 atom stereocenters. The zero-order valence-corrected chi connectivity index (χ0v) is 25.6. The maximum absolute atomic E-state index is 12.7. The number of benzene rings is 1. The van der Waals surface area contributed by atoms with E-state index >= 15 is 0 Å². The summed E-state index contributed by atoms with van der Waals surface area (Å²) in [7, 11) is 2.12. The van der Waals surface area contributed by atoms with Gasteiger partial charge in [0, 0.05) is 61.1 Å². The van der Waals surface area contributed by atoms with E-state index in [9.17, 15) is 23.1 Å². The molecule has 1 aliphatic rings. The molecule has 12 heteroatoms. The van der Waals surface area contributed by atoms with E-state index in [-0.39, 0.29) is 29.7 Å². The summed E-state index contributed by atoms with van der Waals surface area (Å²) >= 11 is 0. The van der Waals surface area contributed by atoms with Crippen molar-refractivity contribution in [1.29, 1.82) is 0 Å². The lowest BCUT2D eigenvalue weighted by Crippen LogP contribution is -2.32. The Morgan fingerprint density at radius 2 is 1.80 bits per heavy atom. The highest BCUT2D eigenvalue weighted by molar-refractivity contribution is 5.92. The number of hydrogen-bond acceptors (Lipinski definition) is 8. The third-order valence-electron chi connectivity index (χ3n) is 7.76. The summed E-state index contributed by atoms with van der Waals surface area (Å²) in [5.41, 5.74) is 1.56. The maximum Gasteiger partial charge on any atom is 0.416 e. The fourth-order valence-corrected chi connectivity index (χ4v) is 5.08. The average molecular weight is 625 g/mol. The molecule has 1 aliphatic heterocycles. The van der Waals surface area contributed by atoms with Crippen LogP contribution in [0.5, 0.6) is 0 Å². The lowest BCUT2D eigenvalue weighted by Gasteiger charge is -2.26. The van der Waals surface area contributed by atoms with Crippen molar-refractivity contribution in [1.82, 2.24) is 29.7 Å². The maximum atomic E-state index is 12.7. The van der Waals surface area contributed by atoms with Crippen LogP contribution in [0.4, 0.5) is 13.2 Å². The minimum atomic E-state index is -4.43. The van der Waals surface area contributed by atoms with Crippen molar-refractivity contribution < 1.29 is 27.5 Å². The highest BCUT2D eigenvalue weighted by Gasteiger charge is 2.31. The number of aromatic nitrogens is 4. The number of alkyl halides is 3. The van der Waals surface area contributed by atoms with Gasteiger partial charge in [0.05, 0.1) is 5.56 Å². The molecule has 1 N–H and O–H groups in total. The number of pyridine rings is 1. The molecule has 9 nitrogen and oxygen atoms in total.